The molecule has 0 bridgehead atoms. The van der Waals surface area contributed by atoms with Gasteiger partial charge in [-0.25, -0.2) is 0 Å². The number of rotatable bonds is 4. The lowest BCUT2D eigenvalue weighted by Gasteiger charge is -2.22. The van der Waals surface area contributed by atoms with Gasteiger partial charge in [0.05, 0.1) is 0 Å². The van der Waals surface area contributed by atoms with Crippen LogP contribution in [0.5, 0.6) is 0 Å². The standard InChI is InChI=1S/C16H25NO/c1-9(2)13-8-14(10(3)4)16(17-18)15(11(5)6)12(13)7/h8-11H,1-7H3. The number of nitroso groups, excluding NO2 is 1. The molecule has 0 aromatic heterocycles. The second-order valence-corrected chi connectivity index (χ2v) is 6.00. The quantitative estimate of drug-likeness (QED) is 0.622. The average Bonchev–Trinajstić information content (AvgIpc) is 2.26. The molecule has 0 unspecified atom stereocenters. The van der Waals surface area contributed by atoms with Crippen molar-refractivity contribution in [1.82, 2.24) is 0 Å². The van der Waals surface area contributed by atoms with Gasteiger partial charge in [-0.3, -0.25) is 0 Å². The smallest absolute Gasteiger partial charge is 0.115 e. The molecule has 2 heteroatoms. The van der Waals surface area contributed by atoms with E-state index in [4.69, 9.17) is 0 Å². The Hall–Kier alpha value is -1.18. The number of hydrogen-bond acceptors (Lipinski definition) is 2. The highest BCUT2D eigenvalue weighted by atomic mass is 16.3. The van der Waals surface area contributed by atoms with E-state index in [1.807, 2.05) is 0 Å². The molecule has 0 aliphatic heterocycles. The van der Waals surface area contributed by atoms with E-state index in [0.717, 1.165) is 11.1 Å². The fraction of sp³-hybridized carbons (Fsp3) is 0.625. The molecule has 0 aliphatic carbocycles. The Morgan fingerprint density at radius 3 is 1.72 bits per heavy atom. The molecule has 0 heterocycles. The van der Waals surface area contributed by atoms with Crippen LogP contribution in [-0.2, 0) is 0 Å². The van der Waals surface area contributed by atoms with E-state index >= 15 is 0 Å². The molecule has 100 valence electrons. The Morgan fingerprint density at radius 1 is 0.889 bits per heavy atom. The fourth-order valence-electron chi connectivity index (χ4n) is 2.68. The van der Waals surface area contributed by atoms with E-state index in [9.17, 15) is 4.91 Å². The van der Waals surface area contributed by atoms with Crippen molar-refractivity contribution < 1.29 is 0 Å². The van der Waals surface area contributed by atoms with Crippen LogP contribution in [-0.4, -0.2) is 0 Å². The van der Waals surface area contributed by atoms with E-state index in [0.29, 0.717) is 23.4 Å². The lowest BCUT2D eigenvalue weighted by atomic mass is 9.83. The molecule has 2 nitrogen and oxygen atoms in total. The summed E-state index contributed by atoms with van der Waals surface area (Å²) in [5.74, 6) is 1.13. The van der Waals surface area contributed by atoms with Crippen molar-refractivity contribution in [2.45, 2.75) is 66.2 Å². The largest absolute Gasteiger partial charge is 0.145 e. The number of nitrogens with zero attached hydrogens (tertiary/aromatic N) is 1. The molecular formula is C16H25NO. The van der Waals surface area contributed by atoms with E-state index in [1.54, 1.807) is 0 Å². The maximum absolute atomic E-state index is 11.2. The molecule has 18 heavy (non-hydrogen) atoms. The second kappa shape index (κ2) is 5.64. The first-order valence-electron chi connectivity index (χ1n) is 6.81. The van der Waals surface area contributed by atoms with Gasteiger partial charge >= 0.3 is 0 Å². The topological polar surface area (TPSA) is 29.4 Å². The summed E-state index contributed by atoms with van der Waals surface area (Å²) in [6.07, 6.45) is 0. The molecule has 0 saturated carbocycles. The Balaban J connectivity index is 3.69. The summed E-state index contributed by atoms with van der Waals surface area (Å²) in [7, 11) is 0. The lowest BCUT2D eigenvalue weighted by molar-refractivity contribution is 0.792. The molecule has 0 aliphatic rings. The van der Waals surface area contributed by atoms with Crippen molar-refractivity contribution in [3.05, 3.63) is 33.2 Å². The van der Waals surface area contributed by atoms with Crippen molar-refractivity contribution >= 4 is 5.69 Å². The van der Waals surface area contributed by atoms with Crippen LogP contribution in [0.3, 0.4) is 0 Å². The summed E-state index contributed by atoms with van der Waals surface area (Å²) in [6.45, 7) is 15.0. The zero-order valence-corrected chi connectivity index (χ0v) is 12.7. The first kappa shape index (κ1) is 14.9. The van der Waals surface area contributed by atoms with Crippen LogP contribution in [0, 0.1) is 11.8 Å². The third-order valence-corrected chi connectivity index (χ3v) is 3.59. The van der Waals surface area contributed by atoms with Crippen LogP contribution in [0.25, 0.3) is 0 Å². The Kier molecular flexibility index (Phi) is 4.66. The highest BCUT2D eigenvalue weighted by Gasteiger charge is 2.21. The van der Waals surface area contributed by atoms with Gasteiger partial charge in [-0.2, -0.15) is 0 Å². The molecular weight excluding hydrogens is 222 g/mol. The molecule has 0 N–H and O–H groups in total. The van der Waals surface area contributed by atoms with Gasteiger partial charge in [-0.1, -0.05) is 47.6 Å². The van der Waals surface area contributed by atoms with Gasteiger partial charge in [-0.05, 0) is 52.1 Å². The lowest BCUT2D eigenvalue weighted by Crippen LogP contribution is -2.04. The Bertz CT molecular complexity index is 445. The summed E-state index contributed by atoms with van der Waals surface area (Å²) >= 11 is 0. The van der Waals surface area contributed by atoms with Crippen LogP contribution in [0.15, 0.2) is 11.2 Å². The number of hydrogen-bond donors (Lipinski definition) is 0. The molecule has 1 aromatic rings. The maximum Gasteiger partial charge on any atom is 0.115 e. The minimum Gasteiger partial charge on any atom is -0.145 e. The SMILES string of the molecule is Cc1c(C(C)C)cc(C(C)C)c(N=O)c1C(C)C. The van der Waals surface area contributed by atoms with Gasteiger partial charge in [0.2, 0.25) is 0 Å². The predicted molar refractivity (Wildman–Crippen MR) is 78.9 cm³/mol. The molecule has 0 spiro atoms. The Labute approximate surface area is 111 Å². The van der Waals surface area contributed by atoms with Crippen LogP contribution < -0.4 is 0 Å². The Morgan fingerprint density at radius 2 is 1.39 bits per heavy atom. The van der Waals surface area contributed by atoms with Gasteiger partial charge in [-0.15, -0.1) is 4.91 Å². The summed E-state index contributed by atoms with van der Waals surface area (Å²) in [4.78, 5) is 11.2. The summed E-state index contributed by atoms with van der Waals surface area (Å²) < 4.78 is 0. The maximum atomic E-state index is 11.2. The first-order chi connectivity index (χ1) is 8.31. The zero-order chi connectivity index (χ0) is 14.0. The van der Waals surface area contributed by atoms with Crippen molar-refractivity contribution in [3.8, 4) is 0 Å². The molecule has 0 radical (unpaired) electrons. The second-order valence-electron chi connectivity index (χ2n) is 6.00. The van der Waals surface area contributed by atoms with Crippen molar-refractivity contribution in [1.29, 1.82) is 0 Å². The van der Waals surface area contributed by atoms with Gasteiger partial charge in [0.25, 0.3) is 0 Å². The summed E-state index contributed by atoms with van der Waals surface area (Å²) in [5.41, 5.74) is 5.46. The van der Waals surface area contributed by atoms with Crippen molar-refractivity contribution in [2.24, 2.45) is 5.18 Å². The average molecular weight is 247 g/mol. The zero-order valence-electron chi connectivity index (χ0n) is 12.7. The molecule has 0 fully saturated rings. The minimum absolute atomic E-state index is 0.327. The van der Waals surface area contributed by atoms with E-state index in [2.05, 4.69) is 59.7 Å². The monoisotopic (exact) mass is 247 g/mol. The highest BCUT2D eigenvalue weighted by Crippen LogP contribution is 2.40. The molecule has 0 atom stereocenters. The van der Waals surface area contributed by atoms with Crippen molar-refractivity contribution in [3.63, 3.8) is 0 Å². The van der Waals surface area contributed by atoms with Gasteiger partial charge in [0.15, 0.2) is 0 Å². The third kappa shape index (κ3) is 2.63. The van der Waals surface area contributed by atoms with Crippen LogP contribution in [0.2, 0.25) is 0 Å². The molecule has 1 aromatic carbocycles. The number of benzene rings is 1. The van der Waals surface area contributed by atoms with Gasteiger partial charge < -0.3 is 0 Å². The minimum atomic E-state index is 0.327. The van der Waals surface area contributed by atoms with E-state index in [-0.39, 0.29) is 0 Å². The van der Waals surface area contributed by atoms with Crippen LogP contribution in [0.4, 0.5) is 5.69 Å². The van der Waals surface area contributed by atoms with E-state index in [1.165, 1.54) is 11.1 Å². The molecule has 0 saturated heterocycles. The van der Waals surface area contributed by atoms with E-state index < -0.39 is 0 Å². The highest BCUT2D eigenvalue weighted by molar-refractivity contribution is 5.61. The summed E-state index contributed by atoms with van der Waals surface area (Å²) in [6, 6.07) is 2.17. The normalized spacial score (nSPS) is 11.7. The van der Waals surface area contributed by atoms with Crippen LogP contribution in [0.1, 0.15) is 81.5 Å². The van der Waals surface area contributed by atoms with Crippen LogP contribution >= 0.6 is 0 Å². The predicted octanol–water partition coefficient (Wildman–Crippen LogP) is 5.76. The molecule has 0 amide bonds. The van der Waals surface area contributed by atoms with Gasteiger partial charge in [0, 0.05) is 0 Å². The fourth-order valence-corrected chi connectivity index (χ4v) is 2.68. The third-order valence-electron chi connectivity index (χ3n) is 3.59. The summed E-state index contributed by atoms with van der Waals surface area (Å²) in [5, 5.41) is 3.32. The van der Waals surface area contributed by atoms with Crippen molar-refractivity contribution in [2.75, 3.05) is 0 Å². The van der Waals surface area contributed by atoms with Gasteiger partial charge in [0.1, 0.15) is 5.69 Å². The molecule has 1 rings (SSSR count). The first-order valence-corrected chi connectivity index (χ1v) is 6.81.